The lowest BCUT2D eigenvalue weighted by molar-refractivity contribution is -0.136. The summed E-state index contributed by atoms with van der Waals surface area (Å²) < 4.78 is 5.31. The van der Waals surface area contributed by atoms with Crippen LogP contribution in [0, 0.1) is 11.3 Å². The van der Waals surface area contributed by atoms with E-state index in [2.05, 4.69) is 0 Å². The lowest BCUT2D eigenvalue weighted by atomic mass is 9.51. The largest absolute Gasteiger partial charge is 0.496 e. The van der Waals surface area contributed by atoms with Gasteiger partial charge in [-0.3, -0.25) is 14.4 Å². The van der Waals surface area contributed by atoms with Crippen molar-refractivity contribution in [2.45, 2.75) is 32.8 Å². The fraction of sp³-hybridized carbons (Fsp3) is 0.421. The van der Waals surface area contributed by atoms with Crippen LogP contribution in [0.4, 0.5) is 0 Å². The number of aliphatic hydroxyl groups excluding tert-OH is 1. The van der Waals surface area contributed by atoms with E-state index < -0.39 is 28.3 Å². The number of fused-ring (bicyclic) bond motifs is 3. The second-order valence-corrected chi connectivity index (χ2v) is 7.20. The number of hydrogen-bond acceptors (Lipinski definition) is 5. The lowest BCUT2D eigenvalue weighted by Crippen LogP contribution is -2.56. The Hall–Kier alpha value is -2.27. The minimum Gasteiger partial charge on any atom is -0.496 e. The summed E-state index contributed by atoms with van der Waals surface area (Å²) in [4.78, 5) is 37.8. The van der Waals surface area contributed by atoms with Crippen LogP contribution >= 0.6 is 0 Å². The topological polar surface area (TPSA) is 80.7 Å². The van der Waals surface area contributed by atoms with Gasteiger partial charge in [-0.15, -0.1) is 0 Å². The molecule has 0 amide bonds. The molecule has 2 unspecified atom stereocenters. The average Bonchev–Trinajstić information content (AvgIpc) is 2.55. The van der Waals surface area contributed by atoms with E-state index in [9.17, 15) is 19.5 Å². The minimum atomic E-state index is -0.961. The van der Waals surface area contributed by atoms with Crippen LogP contribution in [0.25, 0.3) is 0 Å². The van der Waals surface area contributed by atoms with E-state index in [1.165, 1.54) is 19.3 Å². The van der Waals surface area contributed by atoms with E-state index in [1.54, 1.807) is 26.0 Å². The second kappa shape index (κ2) is 5.11. The van der Waals surface area contributed by atoms with Crippen molar-refractivity contribution < 1.29 is 24.2 Å². The monoisotopic (exact) mass is 328 g/mol. The van der Waals surface area contributed by atoms with Crippen molar-refractivity contribution in [3.8, 4) is 5.75 Å². The molecule has 0 fully saturated rings. The highest BCUT2D eigenvalue weighted by Gasteiger charge is 2.58. The minimum absolute atomic E-state index is 0.159. The number of methoxy groups -OCH3 is 1. The zero-order valence-corrected chi connectivity index (χ0v) is 14.2. The Bertz CT molecular complexity index is 802. The van der Waals surface area contributed by atoms with Gasteiger partial charge in [0.05, 0.1) is 19.6 Å². The third-order valence-electron chi connectivity index (χ3n) is 5.44. The fourth-order valence-corrected chi connectivity index (χ4v) is 4.13. The first kappa shape index (κ1) is 16.6. The van der Waals surface area contributed by atoms with Gasteiger partial charge in [-0.2, -0.15) is 0 Å². The number of hydrogen-bond donors (Lipinski definition) is 1. The molecule has 2 aliphatic rings. The lowest BCUT2D eigenvalue weighted by Gasteiger charge is -2.48. The van der Waals surface area contributed by atoms with Gasteiger partial charge in [0.2, 0.25) is 11.6 Å². The molecule has 0 heterocycles. The summed E-state index contributed by atoms with van der Waals surface area (Å²) in [5.41, 5.74) is -0.355. The maximum Gasteiger partial charge on any atom is 0.229 e. The molecule has 0 spiro atoms. The predicted molar refractivity (Wildman–Crippen MR) is 87.0 cm³/mol. The molecule has 1 aromatic carbocycles. The molecule has 2 atom stereocenters. The predicted octanol–water partition coefficient (Wildman–Crippen LogP) is 1.99. The van der Waals surface area contributed by atoms with E-state index in [0.717, 1.165) is 0 Å². The highest BCUT2D eigenvalue weighted by Crippen LogP contribution is 2.52. The summed E-state index contributed by atoms with van der Waals surface area (Å²) in [5.74, 6) is -1.62. The van der Waals surface area contributed by atoms with Gasteiger partial charge in [0.1, 0.15) is 5.75 Å². The molecule has 2 aliphatic carbocycles. The van der Waals surface area contributed by atoms with Crippen molar-refractivity contribution in [3.05, 3.63) is 41.0 Å². The molecular weight excluding hydrogens is 308 g/mol. The SMILES string of the molecule is COc1cc2c(cc1CO)C(=O)C(=O)C1C(C)(C)C(=O)C=CC21C. The number of benzene rings is 1. The standard InChI is InChI=1S/C19H20O5/c1-18(2)14(21)5-6-19(3)12-8-13(24-4)10(9-20)7-11(12)15(22)16(23)17(18)19/h5-8,17,20H,9H2,1-4H3. The van der Waals surface area contributed by atoms with Crippen LogP contribution in [0.15, 0.2) is 24.3 Å². The molecule has 0 saturated carbocycles. The van der Waals surface area contributed by atoms with Gasteiger partial charge in [-0.1, -0.05) is 26.8 Å². The first-order valence-corrected chi connectivity index (χ1v) is 7.83. The van der Waals surface area contributed by atoms with Gasteiger partial charge in [0.15, 0.2) is 5.78 Å². The third kappa shape index (κ3) is 1.94. The van der Waals surface area contributed by atoms with Gasteiger partial charge >= 0.3 is 0 Å². The Morgan fingerprint density at radius 2 is 1.83 bits per heavy atom. The van der Waals surface area contributed by atoms with Crippen molar-refractivity contribution in [2.24, 2.45) is 11.3 Å². The van der Waals surface area contributed by atoms with Crippen molar-refractivity contribution in [1.29, 1.82) is 0 Å². The molecule has 5 heteroatoms. The highest BCUT2D eigenvalue weighted by atomic mass is 16.5. The third-order valence-corrected chi connectivity index (χ3v) is 5.44. The van der Waals surface area contributed by atoms with Crippen LogP contribution in [0.3, 0.4) is 0 Å². The Kier molecular flexibility index (Phi) is 3.53. The molecule has 5 nitrogen and oxygen atoms in total. The first-order valence-electron chi connectivity index (χ1n) is 7.83. The van der Waals surface area contributed by atoms with Crippen LogP contribution in [0.1, 0.15) is 42.3 Å². The Morgan fingerprint density at radius 3 is 2.42 bits per heavy atom. The summed E-state index contributed by atoms with van der Waals surface area (Å²) in [6.07, 6.45) is 3.21. The fourth-order valence-electron chi connectivity index (χ4n) is 4.13. The summed E-state index contributed by atoms with van der Waals surface area (Å²) in [5, 5.41) is 9.48. The van der Waals surface area contributed by atoms with Gasteiger partial charge in [-0.25, -0.2) is 0 Å². The number of allylic oxidation sites excluding steroid dienone is 2. The normalized spacial score (nSPS) is 27.7. The van der Waals surface area contributed by atoms with E-state index in [0.29, 0.717) is 16.9 Å². The van der Waals surface area contributed by atoms with Gasteiger partial charge in [-0.05, 0) is 23.8 Å². The number of carbonyl (C=O) groups is 3. The molecule has 1 N–H and O–H groups in total. The number of carbonyl (C=O) groups excluding carboxylic acids is 3. The van der Waals surface area contributed by atoms with Crippen LogP contribution in [0.5, 0.6) is 5.75 Å². The van der Waals surface area contributed by atoms with Crippen LogP contribution < -0.4 is 4.74 Å². The average molecular weight is 328 g/mol. The number of aliphatic hydroxyl groups is 1. The first-order chi connectivity index (χ1) is 11.2. The maximum atomic E-state index is 12.8. The Labute approximate surface area is 140 Å². The van der Waals surface area contributed by atoms with E-state index in [1.807, 2.05) is 6.92 Å². The van der Waals surface area contributed by atoms with Crippen molar-refractivity contribution >= 4 is 17.3 Å². The molecule has 1 aromatic rings. The molecule has 0 saturated heterocycles. The van der Waals surface area contributed by atoms with Crippen LogP contribution in [-0.4, -0.2) is 29.6 Å². The number of ketones is 3. The Morgan fingerprint density at radius 1 is 1.17 bits per heavy atom. The van der Waals surface area contributed by atoms with E-state index in [4.69, 9.17) is 4.74 Å². The Balaban J connectivity index is 2.36. The molecule has 0 bridgehead atoms. The van der Waals surface area contributed by atoms with Crippen LogP contribution in [-0.2, 0) is 21.6 Å². The summed E-state index contributed by atoms with van der Waals surface area (Å²) in [7, 11) is 1.49. The summed E-state index contributed by atoms with van der Waals surface area (Å²) >= 11 is 0. The van der Waals surface area contributed by atoms with Crippen molar-refractivity contribution in [1.82, 2.24) is 0 Å². The second-order valence-electron chi connectivity index (χ2n) is 7.20. The zero-order valence-electron chi connectivity index (χ0n) is 14.2. The molecule has 3 rings (SSSR count). The number of Topliss-reactive ketones (excluding diaryl/α,β-unsaturated/α-hetero) is 2. The van der Waals surface area contributed by atoms with Gasteiger partial charge < -0.3 is 9.84 Å². The molecule has 0 aliphatic heterocycles. The molecule has 24 heavy (non-hydrogen) atoms. The van der Waals surface area contributed by atoms with Crippen molar-refractivity contribution in [3.63, 3.8) is 0 Å². The van der Waals surface area contributed by atoms with Gasteiger partial charge in [0.25, 0.3) is 0 Å². The molecular formula is C19H20O5. The smallest absolute Gasteiger partial charge is 0.229 e. The van der Waals surface area contributed by atoms with Crippen LogP contribution in [0.2, 0.25) is 0 Å². The molecule has 0 radical (unpaired) electrons. The zero-order chi connectivity index (χ0) is 17.9. The molecule has 126 valence electrons. The van der Waals surface area contributed by atoms with E-state index in [-0.39, 0.29) is 18.0 Å². The molecule has 0 aromatic heterocycles. The van der Waals surface area contributed by atoms with Crippen molar-refractivity contribution in [2.75, 3.05) is 7.11 Å². The maximum absolute atomic E-state index is 12.8. The number of ether oxygens (including phenoxy) is 1. The number of rotatable bonds is 2. The summed E-state index contributed by atoms with van der Waals surface area (Å²) in [6, 6.07) is 3.22. The summed E-state index contributed by atoms with van der Waals surface area (Å²) in [6.45, 7) is 4.98. The van der Waals surface area contributed by atoms with Gasteiger partial charge in [0, 0.05) is 22.0 Å². The highest BCUT2D eigenvalue weighted by molar-refractivity contribution is 6.46. The quantitative estimate of drug-likeness (QED) is 0.840. The van der Waals surface area contributed by atoms with E-state index >= 15 is 0 Å².